The molecule has 9 nitrogen and oxygen atoms in total. The van der Waals surface area contributed by atoms with Gasteiger partial charge in [0.1, 0.15) is 0 Å². The van der Waals surface area contributed by atoms with Gasteiger partial charge in [0.2, 0.25) is 17.8 Å². The third-order valence-electron chi connectivity index (χ3n) is 5.25. The van der Waals surface area contributed by atoms with Gasteiger partial charge in [0.05, 0.1) is 26.0 Å². The zero-order chi connectivity index (χ0) is 24.3. The quantitative estimate of drug-likeness (QED) is 0.154. The number of benzene rings is 2. The number of aromatic nitrogens is 3. The van der Waals surface area contributed by atoms with E-state index in [1.54, 1.807) is 6.21 Å². The van der Waals surface area contributed by atoms with Gasteiger partial charge in [0, 0.05) is 35.5 Å². The fraction of sp³-hybridized carbons (Fsp3) is 0.360. The first kappa shape index (κ1) is 25.3. The summed E-state index contributed by atoms with van der Waals surface area (Å²) in [5, 5.41) is 4.38. The van der Waals surface area contributed by atoms with E-state index < -0.39 is 0 Å². The summed E-state index contributed by atoms with van der Waals surface area (Å²) in [5.74, 6) is 1.52. The largest absolute Gasteiger partial charge is 0.380 e. The molecule has 0 radical (unpaired) electrons. The monoisotopic (exact) mass is 587 g/mol. The van der Waals surface area contributed by atoms with Crippen molar-refractivity contribution in [1.82, 2.24) is 15.0 Å². The molecule has 0 aliphatic carbocycles. The van der Waals surface area contributed by atoms with Crippen molar-refractivity contribution >= 4 is 52.3 Å². The standard InChI is InChI=1S/C25H30IN7O2/c1-2-14-34-17-13-33(22-9-4-3-5-10-22)25-29-23(28-24(30-25)32-11-15-35-16-12-32)31-27-19-20-7-6-8-21(26)18-20/h3-10,18-19H,2,11-17H2,1H3,(H,28,29,30,31)/b27-19+. The fourth-order valence-electron chi connectivity index (χ4n) is 3.54. The highest BCUT2D eigenvalue weighted by atomic mass is 127. The molecule has 1 aliphatic heterocycles. The lowest BCUT2D eigenvalue weighted by molar-refractivity contribution is 0.122. The minimum absolute atomic E-state index is 0.383. The molecule has 2 heterocycles. The van der Waals surface area contributed by atoms with Crippen LogP contribution in [0.4, 0.5) is 23.5 Å². The van der Waals surface area contributed by atoms with E-state index in [2.05, 4.69) is 60.9 Å². The summed E-state index contributed by atoms with van der Waals surface area (Å²) < 4.78 is 12.4. The number of hydrogen-bond acceptors (Lipinski definition) is 9. The number of rotatable bonds is 11. The van der Waals surface area contributed by atoms with Gasteiger partial charge in [0.15, 0.2) is 0 Å². The molecular weight excluding hydrogens is 557 g/mol. The molecule has 1 N–H and O–H groups in total. The van der Waals surface area contributed by atoms with Crippen molar-refractivity contribution in [1.29, 1.82) is 0 Å². The van der Waals surface area contributed by atoms with Crippen LogP contribution in [-0.2, 0) is 9.47 Å². The Kier molecular flexibility index (Phi) is 9.61. The SMILES string of the molecule is CCCOCCN(c1ccccc1)c1nc(N/N=C/c2cccc(I)c2)nc(N2CCOCC2)n1. The highest BCUT2D eigenvalue weighted by Crippen LogP contribution is 2.25. The summed E-state index contributed by atoms with van der Waals surface area (Å²) in [7, 11) is 0. The molecule has 0 amide bonds. The van der Waals surface area contributed by atoms with E-state index in [-0.39, 0.29) is 0 Å². The van der Waals surface area contributed by atoms with Gasteiger partial charge in [-0.05, 0) is 58.8 Å². The highest BCUT2D eigenvalue weighted by molar-refractivity contribution is 14.1. The molecule has 0 saturated carbocycles. The maximum Gasteiger partial charge on any atom is 0.250 e. The Morgan fingerprint density at radius 1 is 1.09 bits per heavy atom. The van der Waals surface area contributed by atoms with Crippen LogP contribution >= 0.6 is 22.6 Å². The number of hydrazone groups is 1. The first-order valence-corrected chi connectivity index (χ1v) is 12.8. The summed E-state index contributed by atoms with van der Waals surface area (Å²) in [4.78, 5) is 18.4. The molecule has 3 aromatic rings. The Labute approximate surface area is 219 Å². The van der Waals surface area contributed by atoms with E-state index in [1.807, 2.05) is 48.5 Å². The lowest BCUT2D eigenvalue weighted by Gasteiger charge is -2.28. The second kappa shape index (κ2) is 13.3. The number of para-hydroxylation sites is 1. The first-order chi connectivity index (χ1) is 17.2. The van der Waals surface area contributed by atoms with E-state index in [0.29, 0.717) is 44.2 Å². The van der Waals surface area contributed by atoms with E-state index in [4.69, 9.17) is 19.4 Å². The van der Waals surface area contributed by atoms with Crippen LogP contribution < -0.4 is 15.2 Å². The number of nitrogens with one attached hydrogen (secondary N) is 1. The van der Waals surface area contributed by atoms with Gasteiger partial charge < -0.3 is 19.3 Å². The molecule has 1 fully saturated rings. The molecule has 2 aromatic carbocycles. The Balaban J connectivity index is 1.63. The van der Waals surface area contributed by atoms with Gasteiger partial charge in [0.25, 0.3) is 0 Å². The Hall–Kier alpha value is -2.83. The number of ether oxygens (including phenoxy) is 2. The van der Waals surface area contributed by atoms with E-state index in [1.165, 1.54) is 0 Å². The molecule has 1 aromatic heterocycles. The molecular formula is C25H30IN7O2. The topological polar surface area (TPSA) is 88.0 Å². The number of halogens is 1. The lowest BCUT2D eigenvalue weighted by atomic mass is 10.2. The Bertz CT molecular complexity index is 1090. The van der Waals surface area contributed by atoms with Crippen LogP contribution in [0.3, 0.4) is 0 Å². The minimum atomic E-state index is 0.383. The smallest absolute Gasteiger partial charge is 0.250 e. The number of nitrogens with zero attached hydrogens (tertiary/aromatic N) is 6. The van der Waals surface area contributed by atoms with Gasteiger partial charge in [-0.25, -0.2) is 5.43 Å². The van der Waals surface area contributed by atoms with Crippen LogP contribution in [0.2, 0.25) is 0 Å². The van der Waals surface area contributed by atoms with Crippen LogP contribution in [-0.4, -0.2) is 67.2 Å². The molecule has 35 heavy (non-hydrogen) atoms. The molecule has 0 atom stereocenters. The summed E-state index contributed by atoms with van der Waals surface area (Å²) >= 11 is 2.28. The average Bonchev–Trinajstić information content (AvgIpc) is 2.90. The fourth-order valence-corrected chi connectivity index (χ4v) is 4.10. The third-order valence-corrected chi connectivity index (χ3v) is 5.92. The maximum atomic E-state index is 5.78. The Morgan fingerprint density at radius 3 is 2.69 bits per heavy atom. The summed E-state index contributed by atoms with van der Waals surface area (Å²) in [6.45, 7) is 6.72. The predicted molar refractivity (Wildman–Crippen MR) is 148 cm³/mol. The molecule has 184 valence electrons. The van der Waals surface area contributed by atoms with Crippen LogP contribution in [0.15, 0.2) is 59.7 Å². The van der Waals surface area contributed by atoms with Gasteiger partial charge >= 0.3 is 0 Å². The Morgan fingerprint density at radius 2 is 1.91 bits per heavy atom. The van der Waals surface area contributed by atoms with Crippen LogP contribution in [0.1, 0.15) is 18.9 Å². The van der Waals surface area contributed by atoms with E-state index >= 15 is 0 Å². The van der Waals surface area contributed by atoms with Crippen molar-refractivity contribution in [3.05, 3.63) is 63.7 Å². The van der Waals surface area contributed by atoms with Crippen molar-refractivity contribution in [2.75, 3.05) is 61.3 Å². The molecule has 1 aliphatic rings. The molecule has 0 unspecified atom stereocenters. The highest BCUT2D eigenvalue weighted by Gasteiger charge is 2.20. The van der Waals surface area contributed by atoms with Crippen molar-refractivity contribution in [2.24, 2.45) is 5.10 Å². The van der Waals surface area contributed by atoms with Crippen LogP contribution in [0, 0.1) is 3.57 Å². The van der Waals surface area contributed by atoms with Crippen LogP contribution in [0.5, 0.6) is 0 Å². The molecule has 0 spiro atoms. The van der Waals surface area contributed by atoms with Gasteiger partial charge in [-0.2, -0.15) is 20.1 Å². The van der Waals surface area contributed by atoms with Gasteiger partial charge in [-0.15, -0.1) is 0 Å². The minimum Gasteiger partial charge on any atom is -0.380 e. The summed E-state index contributed by atoms with van der Waals surface area (Å²) in [5.41, 5.74) is 4.98. The van der Waals surface area contributed by atoms with Crippen molar-refractivity contribution in [2.45, 2.75) is 13.3 Å². The summed E-state index contributed by atoms with van der Waals surface area (Å²) in [6, 6.07) is 18.2. The zero-order valence-electron chi connectivity index (χ0n) is 19.8. The van der Waals surface area contributed by atoms with Crippen molar-refractivity contribution in [3.8, 4) is 0 Å². The van der Waals surface area contributed by atoms with Crippen molar-refractivity contribution in [3.63, 3.8) is 0 Å². The molecule has 1 saturated heterocycles. The van der Waals surface area contributed by atoms with Crippen molar-refractivity contribution < 1.29 is 9.47 Å². The van der Waals surface area contributed by atoms with Crippen LogP contribution in [0.25, 0.3) is 0 Å². The van der Waals surface area contributed by atoms with E-state index in [9.17, 15) is 0 Å². The molecule has 10 heteroatoms. The summed E-state index contributed by atoms with van der Waals surface area (Å²) in [6.07, 6.45) is 2.73. The third kappa shape index (κ3) is 7.58. The maximum absolute atomic E-state index is 5.78. The zero-order valence-corrected chi connectivity index (χ0v) is 22.0. The number of anilines is 4. The number of hydrogen-bond donors (Lipinski definition) is 1. The predicted octanol–water partition coefficient (Wildman–Crippen LogP) is 4.32. The normalized spacial score (nSPS) is 13.8. The first-order valence-electron chi connectivity index (χ1n) is 11.8. The second-order valence-corrected chi connectivity index (χ2v) is 9.13. The number of morpholine rings is 1. The van der Waals surface area contributed by atoms with Gasteiger partial charge in [-0.3, -0.25) is 0 Å². The average molecular weight is 587 g/mol. The van der Waals surface area contributed by atoms with Gasteiger partial charge in [-0.1, -0.05) is 37.3 Å². The molecule has 0 bridgehead atoms. The lowest BCUT2D eigenvalue weighted by Crippen LogP contribution is -2.38. The second-order valence-electron chi connectivity index (χ2n) is 7.88. The molecule has 4 rings (SSSR count). The van der Waals surface area contributed by atoms with E-state index in [0.717, 1.165) is 40.9 Å².